The normalized spacial score (nSPS) is 19.9. The maximum Gasteiger partial charge on any atom is 0.271 e. The SMILES string of the molecule is NS(=O)(=O)C1CC(=O)N(c2ccc3[nH][nH]c(=O)c3c2)C1. The van der Waals surface area contributed by atoms with Crippen LogP contribution in [0.2, 0.25) is 0 Å². The zero-order valence-electron chi connectivity index (χ0n) is 10.3. The number of anilines is 1. The number of hydrogen-bond donors (Lipinski definition) is 3. The largest absolute Gasteiger partial charge is 0.311 e. The van der Waals surface area contributed by atoms with Crippen LogP contribution in [0.4, 0.5) is 5.69 Å². The van der Waals surface area contributed by atoms with E-state index in [0.717, 1.165) is 0 Å². The average molecular weight is 296 g/mol. The lowest BCUT2D eigenvalue weighted by Crippen LogP contribution is -2.32. The summed E-state index contributed by atoms with van der Waals surface area (Å²) in [5.74, 6) is -0.324. The fraction of sp³-hybridized carbons (Fsp3) is 0.273. The van der Waals surface area contributed by atoms with E-state index in [1.165, 1.54) is 4.90 Å². The molecule has 1 fully saturated rings. The van der Waals surface area contributed by atoms with E-state index in [1.807, 2.05) is 0 Å². The second kappa shape index (κ2) is 4.18. The van der Waals surface area contributed by atoms with E-state index in [2.05, 4.69) is 10.2 Å². The molecule has 4 N–H and O–H groups in total. The lowest BCUT2D eigenvalue weighted by atomic mass is 10.2. The molecule has 1 aliphatic heterocycles. The van der Waals surface area contributed by atoms with Gasteiger partial charge >= 0.3 is 0 Å². The first kappa shape index (κ1) is 12.9. The lowest BCUT2D eigenvalue weighted by Gasteiger charge is -2.16. The van der Waals surface area contributed by atoms with Crippen molar-refractivity contribution in [2.75, 3.05) is 11.4 Å². The fourth-order valence-electron chi connectivity index (χ4n) is 2.33. The predicted octanol–water partition coefficient (Wildman–Crippen LogP) is -0.750. The Kier molecular flexibility index (Phi) is 2.69. The van der Waals surface area contributed by atoms with Crippen LogP contribution < -0.4 is 15.6 Å². The number of fused-ring (bicyclic) bond motifs is 1. The van der Waals surface area contributed by atoms with Gasteiger partial charge in [-0.25, -0.2) is 13.6 Å². The minimum absolute atomic E-state index is 0.00546. The molecular formula is C11H12N4O4S. The van der Waals surface area contributed by atoms with Crippen LogP contribution in [0.15, 0.2) is 23.0 Å². The number of amides is 1. The third-order valence-electron chi connectivity index (χ3n) is 3.42. The van der Waals surface area contributed by atoms with E-state index in [1.54, 1.807) is 18.2 Å². The van der Waals surface area contributed by atoms with Gasteiger partial charge in [-0.3, -0.25) is 19.8 Å². The Morgan fingerprint density at radius 1 is 1.25 bits per heavy atom. The topological polar surface area (TPSA) is 129 Å². The average Bonchev–Trinajstić information content (AvgIpc) is 2.93. The summed E-state index contributed by atoms with van der Waals surface area (Å²) in [6.07, 6.45) is -0.139. The molecule has 1 unspecified atom stereocenters. The first-order valence-electron chi connectivity index (χ1n) is 5.88. The standard InChI is InChI=1S/C11H12N4O4S/c12-20(18,19)7-4-10(16)15(5-7)6-1-2-9-8(3-6)11(17)14-13-9/h1-3,7H,4-5H2,(H2,12,18,19)(H2,13,14,17). The van der Waals surface area contributed by atoms with Crippen molar-refractivity contribution in [1.82, 2.24) is 10.2 Å². The molecule has 1 aromatic carbocycles. The molecular weight excluding hydrogens is 284 g/mol. The number of carbonyl (C=O) groups is 1. The summed E-state index contributed by atoms with van der Waals surface area (Å²) < 4.78 is 22.6. The van der Waals surface area contributed by atoms with Crippen LogP contribution in [0.3, 0.4) is 0 Å². The van der Waals surface area contributed by atoms with Crippen LogP contribution >= 0.6 is 0 Å². The number of carbonyl (C=O) groups excluding carboxylic acids is 1. The van der Waals surface area contributed by atoms with Crippen molar-refractivity contribution in [2.24, 2.45) is 5.14 Å². The van der Waals surface area contributed by atoms with Crippen LogP contribution in [0.5, 0.6) is 0 Å². The Bertz CT molecular complexity index is 851. The summed E-state index contributed by atoms with van der Waals surface area (Å²) in [6.45, 7) is 0.00546. The lowest BCUT2D eigenvalue weighted by molar-refractivity contribution is -0.117. The Labute approximate surface area is 113 Å². The zero-order valence-corrected chi connectivity index (χ0v) is 11.1. The number of rotatable bonds is 2. The smallest absolute Gasteiger partial charge is 0.271 e. The van der Waals surface area contributed by atoms with E-state index in [-0.39, 0.29) is 24.4 Å². The van der Waals surface area contributed by atoms with Crippen molar-refractivity contribution in [1.29, 1.82) is 0 Å². The molecule has 106 valence electrons. The van der Waals surface area contributed by atoms with Crippen molar-refractivity contribution >= 4 is 32.5 Å². The summed E-state index contributed by atoms with van der Waals surface area (Å²) in [4.78, 5) is 24.8. The number of primary sulfonamides is 1. The highest BCUT2D eigenvalue weighted by Crippen LogP contribution is 2.25. The van der Waals surface area contributed by atoms with E-state index >= 15 is 0 Å². The van der Waals surface area contributed by atoms with Crippen LogP contribution in [-0.4, -0.2) is 36.3 Å². The third-order valence-corrected chi connectivity index (χ3v) is 4.67. The number of benzene rings is 1. The molecule has 1 atom stereocenters. The molecule has 0 bridgehead atoms. The molecule has 9 heteroatoms. The van der Waals surface area contributed by atoms with E-state index in [0.29, 0.717) is 16.6 Å². The van der Waals surface area contributed by atoms with Gasteiger partial charge in [0.05, 0.1) is 10.9 Å². The van der Waals surface area contributed by atoms with Gasteiger partial charge < -0.3 is 4.90 Å². The molecule has 0 saturated carbocycles. The number of hydrogen-bond acceptors (Lipinski definition) is 4. The number of nitrogens with two attached hydrogens (primary N) is 1. The monoisotopic (exact) mass is 296 g/mol. The zero-order chi connectivity index (χ0) is 14.5. The van der Waals surface area contributed by atoms with Gasteiger partial charge in [0.2, 0.25) is 15.9 Å². The Morgan fingerprint density at radius 2 is 2.00 bits per heavy atom. The second-order valence-electron chi connectivity index (χ2n) is 4.73. The van der Waals surface area contributed by atoms with E-state index < -0.39 is 15.3 Å². The number of H-pyrrole nitrogens is 2. The second-order valence-corrected chi connectivity index (χ2v) is 6.57. The summed E-state index contributed by atoms with van der Waals surface area (Å²) in [6, 6.07) is 4.85. The van der Waals surface area contributed by atoms with Gasteiger partial charge in [-0.1, -0.05) is 0 Å². The molecule has 0 spiro atoms. The molecule has 20 heavy (non-hydrogen) atoms. The molecule has 0 aliphatic carbocycles. The molecule has 2 heterocycles. The molecule has 1 amide bonds. The van der Waals surface area contributed by atoms with Gasteiger partial charge in [0.15, 0.2) is 0 Å². The number of sulfonamides is 1. The molecule has 1 saturated heterocycles. The summed E-state index contributed by atoms with van der Waals surface area (Å²) in [5, 5.41) is 9.71. The molecule has 1 aromatic heterocycles. The number of aromatic amines is 2. The van der Waals surface area contributed by atoms with Crippen LogP contribution in [0, 0.1) is 0 Å². The molecule has 1 aliphatic rings. The predicted molar refractivity (Wildman–Crippen MR) is 72.8 cm³/mol. The van der Waals surface area contributed by atoms with Crippen molar-refractivity contribution in [3.05, 3.63) is 28.6 Å². The third kappa shape index (κ3) is 2.00. The summed E-state index contributed by atoms with van der Waals surface area (Å²) >= 11 is 0. The maximum atomic E-state index is 11.9. The van der Waals surface area contributed by atoms with Gasteiger partial charge in [0.1, 0.15) is 5.25 Å². The van der Waals surface area contributed by atoms with Crippen molar-refractivity contribution in [3.63, 3.8) is 0 Å². The Balaban J connectivity index is 2.01. The number of nitrogens with zero attached hydrogens (tertiary/aromatic N) is 1. The minimum Gasteiger partial charge on any atom is -0.311 e. The van der Waals surface area contributed by atoms with Crippen molar-refractivity contribution in [2.45, 2.75) is 11.7 Å². The molecule has 2 aromatic rings. The maximum absolute atomic E-state index is 11.9. The van der Waals surface area contributed by atoms with Crippen LogP contribution in [0.1, 0.15) is 6.42 Å². The Morgan fingerprint density at radius 3 is 2.65 bits per heavy atom. The Hall–Kier alpha value is -2.13. The fourth-order valence-corrected chi connectivity index (χ4v) is 3.06. The van der Waals surface area contributed by atoms with Gasteiger partial charge in [-0.05, 0) is 18.2 Å². The van der Waals surface area contributed by atoms with Crippen molar-refractivity contribution < 1.29 is 13.2 Å². The molecule has 0 radical (unpaired) electrons. The van der Waals surface area contributed by atoms with Gasteiger partial charge in [0.25, 0.3) is 5.56 Å². The first-order chi connectivity index (χ1) is 9.36. The highest BCUT2D eigenvalue weighted by Gasteiger charge is 2.37. The highest BCUT2D eigenvalue weighted by atomic mass is 32.2. The number of aromatic nitrogens is 2. The van der Waals surface area contributed by atoms with Crippen molar-refractivity contribution in [3.8, 4) is 0 Å². The van der Waals surface area contributed by atoms with Gasteiger partial charge in [0, 0.05) is 18.7 Å². The number of nitrogens with one attached hydrogen (secondary N) is 2. The minimum atomic E-state index is -3.75. The molecule has 8 nitrogen and oxygen atoms in total. The van der Waals surface area contributed by atoms with Gasteiger partial charge in [-0.15, -0.1) is 0 Å². The van der Waals surface area contributed by atoms with E-state index in [9.17, 15) is 18.0 Å². The first-order valence-corrected chi connectivity index (χ1v) is 7.49. The van der Waals surface area contributed by atoms with Crippen LogP contribution in [0.25, 0.3) is 10.9 Å². The summed E-state index contributed by atoms with van der Waals surface area (Å²) in [5.41, 5.74) is 0.809. The summed E-state index contributed by atoms with van der Waals surface area (Å²) in [7, 11) is -3.75. The highest BCUT2D eigenvalue weighted by molar-refractivity contribution is 7.89. The molecule has 3 rings (SSSR count). The van der Waals surface area contributed by atoms with Crippen LogP contribution in [-0.2, 0) is 14.8 Å². The van der Waals surface area contributed by atoms with Gasteiger partial charge in [-0.2, -0.15) is 0 Å². The van der Waals surface area contributed by atoms with E-state index in [4.69, 9.17) is 5.14 Å². The quantitative estimate of drug-likeness (QED) is 0.673.